The zero-order valence-corrected chi connectivity index (χ0v) is 15.8. The Labute approximate surface area is 159 Å². The molecule has 1 saturated heterocycles. The lowest BCUT2D eigenvalue weighted by atomic mass is 9.95. The van der Waals surface area contributed by atoms with Crippen LogP contribution < -0.4 is 5.69 Å². The zero-order valence-electron chi connectivity index (χ0n) is 15.8. The first kappa shape index (κ1) is 16.8. The van der Waals surface area contributed by atoms with E-state index in [1.807, 2.05) is 4.57 Å². The summed E-state index contributed by atoms with van der Waals surface area (Å²) >= 11 is 0. The number of hydrogen-bond donors (Lipinski definition) is 0. The molecule has 3 aromatic rings. The summed E-state index contributed by atoms with van der Waals surface area (Å²) in [6, 6.07) is 15.6. The van der Waals surface area contributed by atoms with Gasteiger partial charge in [0.05, 0.1) is 0 Å². The zero-order chi connectivity index (χ0) is 18.4. The van der Waals surface area contributed by atoms with Gasteiger partial charge in [0.15, 0.2) is 0 Å². The van der Waals surface area contributed by atoms with Crippen molar-refractivity contribution in [3.63, 3.8) is 0 Å². The standard InChI is InChI=1S/C22H26N4O/c1-24-22(27)26(19-9-10-19)21(23-24)17-11-13-25(14-12-17)15-18-7-4-6-16-5-2-3-8-20(16)18/h2-8,17,19H,9-15H2,1H3. The summed E-state index contributed by atoms with van der Waals surface area (Å²) in [6.07, 6.45) is 4.40. The fraction of sp³-hybridized carbons (Fsp3) is 0.455. The van der Waals surface area contributed by atoms with Gasteiger partial charge in [-0.15, -0.1) is 0 Å². The van der Waals surface area contributed by atoms with Gasteiger partial charge in [-0.2, -0.15) is 5.10 Å². The molecule has 0 bridgehead atoms. The summed E-state index contributed by atoms with van der Waals surface area (Å²) in [5.74, 6) is 1.43. The molecule has 0 unspecified atom stereocenters. The number of likely N-dealkylation sites (tertiary alicyclic amines) is 1. The molecule has 2 fully saturated rings. The summed E-state index contributed by atoms with van der Waals surface area (Å²) in [4.78, 5) is 14.9. The Morgan fingerprint density at radius 1 is 1.00 bits per heavy atom. The fourth-order valence-electron chi connectivity index (χ4n) is 4.47. The van der Waals surface area contributed by atoms with Crippen molar-refractivity contribution in [2.45, 2.75) is 44.2 Å². The minimum atomic E-state index is 0.0608. The third kappa shape index (κ3) is 3.10. The first-order valence-corrected chi connectivity index (χ1v) is 10.0. The van der Waals surface area contributed by atoms with Gasteiger partial charge >= 0.3 is 5.69 Å². The van der Waals surface area contributed by atoms with Crippen LogP contribution in [0.5, 0.6) is 0 Å². The van der Waals surface area contributed by atoms with Crippen molar-refractivity contribution in [3.8, 4) is 0 Å². The van der Waals surface area contributed by atoms with Gasteiger partial charge in [0.2, 0.25) is 0 Å². The van der Waals surface area contributed by atoms with Crippen molar-refractivity contribution in [1.82, 2.24) is 19.2 Å². The normalized spacial score (nSPS) is 19.0. The van der Waals surface area contributed by atoms with E-state index in [2.05, 4.69) is 52.5 Å². The Balaban J connectivity index is 1.31. The average Bonchev–Trinajstić information content (AvgIpc) is 3.49. The van der Waals surface area contributed by atoms with Crippen LogP contribution in [0.1, 0.15) is 49.0 Å². The highest BCUT2D eigenvalue weighted by molar-refractivity contribution is 5.85. The molecule has 2 aromatic carbocycles. The Hall–Kier alpha value is -2.40. The molecule has 1 aliphatic heterocycles. The Kier molecular flexibility index (Phi) is 4.12. The van der Waals surface area contributed by atoms with Crippen LogP contribution in [0.15, 0.2) is 47.3 Å². The second-order valence-electron chi connectivity index (χ2n) is 8.05. The van der Waals surface area contributed by atoms with Crippen molar-refractivity contribution in [2.75, 3.05) is 13.1 Å². The van der Waals surface area contributed by atoms with Gasteiger partial charge in [-0.1, -0.05) is 42.5 Å². The molecule has 1 aliphatic carbocycles. The van der Waals surface area contributed by atoms with Crippen LogP contribution >= 0.6 is 0 Å². The van der Waals surface area contributed by atoms with Crippen molar-refractivity contribution < 1.29 is 0 Å². The first-order chi connectivity index (χ1) is 13.2. The van der Waals surface area contributed by atoms with E-state index in [0.717, 1.165) is 51.1 Å². The highest BCUT2D eigenvalue weighted by Crippen LogP contribution is 2.37. The van der Waals surface area contributed by atoms with E-state index in [1.165, 1.54) is 21.0 Å². The number of nitrogens with zero attached hydrogens (tertiary/aromatic N) is 4. The third-order valence-electron chi connectivity index (χ3n) is 6.12. The van der Waals surface area contributed by atoms with Gasteiger partial charge in [0.1, 0.15) is 5.82 Å². The summed E-state index contributed by atoms with van der Waals surface area (Å²) in [5.41, 5.74) is 1.46. The van der Waals surface area contributed by atoms with Crippen LogP contribution in [-0.4, -0.2) is 32.3 Å². The molecular formula is C22H26N4O. The molecular weight excluding hydrogens is 336 g/mol. The summed E-state index contributed by atoms with van der Waals surface area (Å²) < 4.78 is 3.50. The number of aromatic nitrogens is 3. The molecule has 1 aromatic heterocycles. The van der Waals surface area contributed by atoms with Crippen LogP contribution in [0.25, 0.3) is 10.8 Å². The monoisotopic (exact) mass is 362 g/mol. The number of hydrogen-bond acceptors (Lipinski definition) is 3. The van der Waals surface area contributed by atoms with E-state index in [-0.39, 0.29) is 5.69 Å². The van der Waals surface area contributed by atoms with Gasteiger partial charge in [-0.25, -0.2) is 9.48 Å². The molecule has 140 valence electrons. The molecule has 5 nitrogen and oxygen atoms in total. The van der Waals surface area contributed by atoms with E-state index < -0.39 is 0 Å². The van der Waals surface area contributed by atoms with E-state index in [1.54, 1.807) is 7.05 Å². The van der Waals surface area contributed by atoms with Crippen molar-refractivity contribution in [2.24, 2.45) is 7.05 Å². The number of benzene rings is 2. The fourth-order valence-corrected chi connectivity index (χ4v) is 4.47. The largest absolute Gasteiger partial charge is 0.345 e. The average molecular weight is 362 g/mol. The molecule has 0 atom stereocenters. The summed E-state index contributed by atoms with van der Waals surface area (Å²) in [5, 5.41) is 7.26. The number of piperidine rings is 1. The minimum absolute atomic E-state index is 0.0608. The van der Waals surface area contributed by atoms with Crippen molar-refractivity contribution in [1.29, 1.82) is 0 Å². The van der Waals surface area contributed by atoms with Crippen LogP contribution in [0, 0.1) is 0 Å². The molecule has 2 heterocycles. The number of rotatable bonds is 4. The van der Waals surface area contributed by atoms with Gasteiger partial charge in [0, 0.05) is 25.6 Å². The maximum atomic E-state index is 12.4. The topological polar surface area (TPSA) is 43.1 Å². The SMILES string of the molecule is Cn1nc(C2CCN(Cc3cccc4ccccc34)CC2)n(C2CC2)c1=O. The maximum Gasteiger partial charge on any atom is 0.345 e. The maximum absolute atomic E-state index is 12.4. The lowest BCUT2D eigenvalue weighted by molar-refractivity contribution is 0.200. The van der Waals surface area contributed by atoms with Gasteiger partial charge < -0.3 is 0 Å². The Morgan fingerprint density at radius 2 is 1.74 bits per heavy atom. The van der Waals surface area contributed by atoms with E-state index in [4.69, 9.17) is 0 Å². The Morgan fingerprint density at radius 3 is 2.52 bits per heavy atom. The van der Waals surface area contributed by atoms with Crippen LogP contribution in [-0.2, 0) is 13.6 Å². The predicted molar refractivity (Wildman–Crippen MR) is 107 cm³/mol. The van der Waals surface area contributed by atoms with Crippen molar-refractivity contribution >= 4 is 10.8 Å². The second kappa shape index (κ2) is 6.64. The van der Waals surface area contributed by atoms with Crippen LogP contribution in [0.2, 0.25) is 0 Å². The summed E-state index contributed by atoms with van der Waals surface area (Å²) in [6.45, 7) is 3.11. The molecule has 0 amide bonds. The van der Waals surface area contributed by atoms with E-state index >= 15 is 0 Å². The van der Waals surface area contributed by atoms with Crippen LogP contribution in [0.3, 0.4) is 0 Å². The lowest BCUT2D eigenvalue weighted by Gasteiger charge is -2.31. The highest BCUT2D eigenvalue weighted by Gasteiger charge is 2.33. The molecule has 1 saturated carbocycles. The predicted octanol–water partition coefficient (Wildman–Crippen LogP) is 3.45. The number of fused-ring (bicyclic) bond motifs is 1. The minimum Gasteiger partial charge on any atom is -0.299 e. The quantitative estimate of drug-likeness (QED) is 0.714. The molecule has 0 radical (unpaired) electrons. The van der Waals surface area contributed by atoms with Gasteiger partial charge in [0.25, 0.3) is 0 Å². The third-order valence-corrected chi connectivity index (χ3v) is 6.12. The Bertz CT molecular complexity index is 1020. The molecule has 5 rings (SSSR count). The van der Waals surface area contributed by atoms with Crippen molar-refractivity contribution in [3.05, 3.63) is 64.3 Å². The number of aryl methyl sites for hydroxylation is 1. The van der Waals surface area contributed by atoms with Crippen LogP contribution in [0.4, 0.5) is 0 Å². The molecule has 0 spiro atoms. The van der Waals surface area contributed by atoms with E-state index in [9.17, 15) is 4.79 Å². The highest BCUT2D eigenvalue weighted by atomic mass is 16.2. The second-order valence-corrected chi connectivity index (χ2v) is 8.05. The van der Waals surface area contributed by atoms with Gasteiger partial charge in [-0.3, -0.25) is 9.47 Å². The lowest BCUT2D eigenvalue weighted by Crippen LogP contribution is -2.33. The van der Waals surface area contributed by atoms with Gasteiger partial charge in [-0.05, 0) is 55.1 Å². The molecule has 2 aliphatic rings. The first-order valence-electron chi connectivity index (χ1n) is 10.0. The summed E-state index contributed by atoms with van der Waals surface area (Å²) in [7, 11) is 1.78. The smallest absolute Gasteiger partial charge is 0.299 e. The molecule has 5 heteroatoms. The molecule has 27 heavy (non-hydrogen) atoms. The van der Waals surface area contributed by atoms with E-state index in [0.29, 0.717) is 12.0 Å². The molecule has 0 N–H and O–H groups in total.